The largest absolute Gasteiger partial charge is 0.465 e. The molecule has 58 heavy (non-hydrogen) atoms. The molecule has 4 atom stereocenters. The van der Waals surface area contributed by atoms with E-state index in [4.69, 9.17) is 24.2 Å². The minimum Gasteiger partial charge on any atom is -0.465 e. The van der Waals surface area contributed by atoms with Gasteiger partial charge < -0.3 is 38.7 Å². The van der Waals surface area contributed by atoms with E-state index < -0.39 is 11.7 Å². The second-order valence-electron chi connectivity index (χ2n) is 16.8. The van der Waals surface area contributed by atoms with Gasteiger partial charge in [0.05, 0.1) is 23.9 Å². The lowest BCUT2D eigenvalue weighted by Crippen LogP contribution is -2.58. The van der Waals surface area contributed by atoms with E-state index in [1.807, 2.05) is 37.6 Å². The maximum Gasteiger partial charge on any atom is 0.407 e. The number of ether oxygens (including phenoxy) is 3. The van der Waals surface area contributed by atoms with Gasteiger partial charge in [0.15, 0.2) is 11.9 Å². The Morgan fingerprint density at radius 3 is 2.60 bits per heavy atom. The Morgan fingerprint density at radius 1 is 1.02 bits per heavy atom. The number of pyridine rings is 2. The molecule has 306 valence electrons. The number of benzene rings is 1. The number of hydrogen-bond donors (Lipinski definition) is 2. The number of aryl methyl sites for hydroxylation is 1. The Balaban J connectivity index is 1.11. The number of aromatic amines is 1. The third-order valence-corrected chi connectivity index (χ3v) is 12.7. The molecule has 1 aromatic carbocycles. The number of hydrogen-bond acceptors (Lipinski definition) is 10. The van der Waals surface area contributed by atoms with Gasteiger partial charge in [0.2, 0.25) is 5.95 Å². The highest BCUT2D eigenvalue weighted by Gasteiger charge is 2.46. The predicted molar refractivity (Wildman–Crippen MR) is 221 cm³/mol. The van der Waals surface area contributed by atoms with Gasteiger partial charge in [0.25, 0.3) is 5.56 Å². The van der Waals surface area contributed by atoms with Gasteiger partial charge in [-0.3, -0.25) is 14.7 Å². The van der Waals surface area contributed by atoms with Crippen LogP contribution in [-0.2, 0) is 26.9 Å². The van der Waals surface area contributed by atoms with Gasteiger partial charge >= 0.3 is 6.09 Å². The summed E-state index contributed by atoms with van der Waals surface area (Å²) in [6.07, 6.45) is 12.9. The number of H-pyrrole nitrogens is 1. The maximum absolute atomic E-state index is 13.0. The lowest BCUT2D eigenvalue weighted by molar-refractivity contribution is -0.197. The summed E-state index contributed by atoms with van der Waals surface area (Å²) in [5, 5.41) is 11.4. The monoisotopic (exact) mass is 790 g/mol. The number of fused-ring (bicyclic) bond motifs is 2. The van der Waals surface area contributed by atoms with Crippen molar-refractivity contribution in [3.63, 3.8) is 0 Å². The molecular formula is C44H54N8O6. The number of rotatable bonds is 11. The normalized spacial score (nSPS) is 23.4. The second-order valence-corrected chi connectivity index (χ2v) is 16.8. The number of nitrogens with one attached hydrogen (secondary N) is 1. The molecule has 1 amide bonds. The average molecular weight is 791 g/mol. The molecule has 1 saturated carbocycles. The Hall–Kier alpha value is -4.89. The summed E-state index contributed by atoms with van der Waals surface area (Å²) in [6.45, 7) is 8.80. The number of aromatic nitrogens is 5. The van der Waals surface area contributed by atoms with Crippen LogP contribution < -0.4 is 10.5 Å². The number of piperidine rings is 1. The number of carboxylic acid groups (broad SMARTS) is 1. The Labute approximate surface area is 338 Å². The molecule has 0 radical (unpaired) electrons. The average Bonchev–Trinajstić information content (AvgIpc) is 3.93. The highest BCUT2D eigenvalue weighted by Crippen LogP contribution is 2.44. The Bertz CT molecular complexity index is 2320. The summed E-state index contributed by atoms with van der Waals surface area (Å²) in [4.78, 5) is 49.7. The zero-order chi connectivity index (χ0) is 40.0. The molecule has 7 heterocycles. The molecule has 4 fully saturated rings. The fourth-order valence-electron chi connectivity index (χ4n) is 9.17. The van der Waals surface area contributed by atoms with Crippen molar-refractivity contribution >= 4 is 33.8 Å². The number of amides is 1. The van der Waals surface area contributed by atoms with Crippen LogP contribution in [0.3, 0.4) is 0 Å². The lowest BCUT2D eigenvalue weighted by Gasteiger charge is -2.45. The summed E-state index contributed by atoms with van der Waals surface area (Å²) in [6, 6.07) is 12.4. The van der Waals surface area contributed by atoms with Crippen molar-refractivity contribution in [3.8, 4) is 11.1 Å². The van der Waals surface area contributed by atoms with E-state index in [2.05, 4.69) is 51.0 Å². The summed E-state index contributed by atoms with van der Waals surface area (Å²) in [5.41, 5.74) is 3.58. The zero-order valence-corrected chi connectivity index (χ0v) is 33.7. The fraction of sp³-hybridized carbons (Fsp3) is 0.523. The van der Waals surface area contributed by atoms with Crippen LogP contribution in [0.2, 0.25) is 0 Å². The highest BCUT2D eigenvalue weighted by molar-refractivity contribution is 5.97. The van der Waals surface area contributed by atoms with Crippen molar-refractivity contribution < 1.29 is 24.1 Å². The smallest absolute Gasteiger partial charge is 0.407 e. The number of anilines is 1. The molecular weight excluding hydrogens is 737 g/mol. The van der Waals surface area contributed by atoms with E-state index in [1.165, 1.54) is 0 Å². The van der Waals surface area contributed by atoms with Crippen LogP contribution in [-0.4, -0.2) is 116 Å². The van der Waals surface area contributed by atoms with Crippen LogP contribution >= 0.6 is 0 Å². The van der Waals surface area contributed by atoms with Crippen molar-refractivity contribution in [2.24, 2.45) is 13.0 Å². The van der Waals surface area contributed by atoms with Gasteiger partial charge in [-0.2, -0.15) is 0 Å². The zero-order valence-electron chi connectivity index (χ0n) is 33.7. The van der Waals surface area contributed by atoms with Crippen LogP contribution in [0.15, 0.2) is 66.0 Å². The van der Waals surface area contributed by atoms with Crippen molar-refractivity contribution in [2.75, 3.05) is 50.8 Å². The van der Waals surface area contributed by atoms with E-state index in [-0.39, 0.29) is 36.6 Å². The Kier molecular flexibility index (Phi) is 10.7. The van der Waals surface area contributed by atoms with Crippen LogP contribution in [0.5, 0.6) is 0 Å². The van der Waals surface area contributed by atoms with E-state index in [0.29, 0.717) is 30.5 Å². The van der Waals surface area contributed by atoms with Crippen molar-refractivity contribution in [1.82, 2.24) is 34.3 Å². The maximum atomic E-state index is 13.0. The van der Waals surface area contributed by atoms with E-state index in [1.54, 1.807) is 22.7 Å². The first-order valence-corrected chi connectivity index (χ1v) is 21.0. The molecule has 9 rings (SSSR count). The molecule has 0 bridgehead atoms. The molecule has 2 N–H and O–H groups in total. The predicted octanol–water partition coefficient (Wildman–Crippen LogP) is 6.13. The van der Waals surface area contributed by atoms with E-state index >= 15 is 0 Å². The van der Waals surface area contributed by atoms with E-state index in [9.17, 15) is 14.7 Å². The van der Waals surface area contributed by atoms with E-state index in [0.717, 1.165) is 110 Å². The van der Waals surface area contributed by atoms with Gasteiger partial charge in [-0.05, 0) is 94.5 Å². The standard InChI is InChI=1S/C44H54N8O6/c1-28-24-52(43(54)55)29(2)23-51(28)25-30-14-18-50(19-15-30)42-47-37-12-9-31(36-26-49(3)41(53)39-34(36)13-17-46-39)21-35(37)40(48-42)44(58-33-10-11-33,32-7-6-16-45-22-32)27-57-38-8-4-5-20-56-38/h6-7,9,12-13,16-17,21-22,26,28-30,33,38,46H,4-5,8,10-11,14-15,18-20,23-25,27H2,1-3H3,(H,54,55)/t28-,29+,38?,44?/m0/s1. The molecule has 3 saturated heterocycles. The number of nitrogens with zero attached hydrogens (tertiary/aromatic N) is 7. The molecule has 14 heteroatoms. The highest BCUT2D eigenvalue weighted by atomic mass is 16.7. The first-order chi connectivity index (χ1) is 28.2. The molecule has 4 aliphatic rings. The van der Waals surface area contributed by atoms with Crippen molar-refractivity contribution in [1.29, 1.82) is 0 Å². The minimum absolute atomic E-state index is 0.0341. The van der Waals surface area contributed by atoms with Crippen LogP contribution in [0.4, 0.5) is 10.7 Å². The fourth-order valence-corrected chi connectivity index (χ4v) is 9.17. The molecule has 1 aliphatic carbocycles. The Morgan fingerprint density at radius 2 is 1.86 bits per heavy atom. The topological polar surface area (TPSA) is 151 Å². The van der Waals surface area contributed by atoms with Gasteiger partial charge in [-0.15, -0.1) is 0 Å². The van der Waals surface area contributed by atoms with Crippen LogP contribution in [0.25, 0.3) is 32.9 Å². The first-order valence-electron chi connectivity index (χ1n) is 21.0. The summed E-state index contributed by atoms with van der Waals surface area (Å²) in [5.74, 6) is 1.14. The summed E-state index contributed by atoms with van der Waals surface area (Å²) < 4.78 is 21.6. The van der Waals surface area contributed by atoms with Gasteiger partial charge in [-0.1, -0.05) is 12.1 Å². The third-order valence-electron chi connectivity index (χ3n) is 12.7. The number of piperazine rings is 1. The minimum atomic E-state index is -1.12. The molecule has 0 spiro atoms. The third kappa shape index (κ3) is 7.58. The van der Waals surface area contributed by atoms with Gasteiger partial charge in [-0.25, -0.2) is 14.8 Å². The molecule has 3 aliphatic heterocycles. The van der Waals surface area contributed by atoms with Crippen molar-refractivity contribution in [2.45, 2.75) is 88.9 Å². The first kappa shape index (κ1) is 38.6. The lowest BCUT2D eigenvalue weighted by atomic mass is 9.88. The quantitative estimate of drug-likeness (QED) is 0.159. The van der Waals surface area contributed by atoms with Crippen LogP contribution in [0, 0.1) is 5.92 Å². The molecule has 14 nitrogen and oxygen atoms in total. The summed E-state index contributed by atoms with van der Waals surface area (Å²) in [7, 11) is 1.78. The van der Waals surface area contributed by atoms with Gasteiger partial charge in [0, 0.05) is 105 Å². The SMILES string of the molecule is C[C@@H]1CN(CC2CCN(c3nc(C(COC4CCCCO4)(OC4CC4)c4cccnc4)c4cc(-c5cn(C)c(=O)c6[nH]ccc56)ccc4n3)CC2)[C@@H](C)CN1C(=O)O. The molecule has 5 aromatic rings. The summed E-state index contributed by atoms with van der Waals surface area (Å²) >= 11 is 0. The molecule has 4 aromatic heterocycles. The van der Waals surface area contributed by atoms with Crippen LogP contribution in [0.1, 0.15) is 70.1 Å². The second kappa shape index (κ2) is 16.0. The molecule has 2 unspecified atom stereocenters. The van der Waals surface area contributed by atoms with Gasteiger partial charge in [0.1, 0.15) is 5.52 Å². The van der Waals surface area contributed by atoms with Crippen molar-refractivity contribution in [3.05, 3.63) is 82.8 Å². The number of carbonyl (C=O) groups is 1.